The summed E-state index contributed by atoms with van der Waals surface area (Å²) >= 11 is 0. The first kappa shape index (κ1) is 17.8. The number of alkyl halides is 3. The van der Waals surface area contributed by atoms with Crippen LogP contribution in [0.5, 0.6) is 5.75 Å². The van der Waals surface area contributed by atoms with Crippen molar-refractivity contribution in [3.63, 3.8) is 0 Å². The molecule has 0 saturated carbocycles. The van der Waals surface area contributed by atoms with Gasteiger partial charge in [-0.3, -0.25) is 4.79 Å². The van der Waals surface area contributed by atoms with E-state index in [0.29, 0.717) is 13.1 Å². The second kappa shape index (κ2) is 7.07. The first-order valence-corrected chi connectivity index (χ1v) is 7.93. The molecule has 5 nitrogen and oxygen atoms in total. The Morgan fingerprint density at radius 1 is 1.19 bits per heavy atom. The molecule has 0 radical (unpaired) electrons. The fraction of sp³-hybridized carbons (Fsp3) is 0.222. The van der Waals surface area contributed by atoms with Gasteiger partial charge in [0, 0.05) is 18.3 Å². The van der Waals surface area contributed by atoms with Crippen molar-refractivity contribution >= 4 is 11.6 Å². The number of fused-ring (bicyclic) bond motifs is 1. The number of hydrogen-bond donors (Lipinski definition) is 0. The van der Waals surface area contributed by atoms with Crippen molar-refractivity contribution in [3.8, 4) is 5.75 Å². The molecule has 1 amide bonds. The lowest BCUT2D eigenvalue weighted by molar-refractivity contribution is -0.274. The Labute approximate surface area is 147 Å². The molecule has 0 atom stereocenters. The van der Waals surface area contributed by atoms with E-state index in [1.165, 1.54) is 12.1 Å². The SMILES string of the molecule is CCN(Cc1cnc2ccccn12)C(=O)c1ccc(OC(F)(F)F)cc1. The highest BCUT2D eigenvalue weighted by Crippen LogP contribution is 2.23. The molecule has 136 valence electrons. The fourth-order valence-electron chi connectivity index (χ4n) is 2.61. The monoisotopic (exact) mass is 363 g/mol. The van der Waals surface area contributed by atoms with Crippen LogP contribution in [0.15, 0.2) is 54.9 Å². The molecule has 0 saturated heterocycles. The van der Waals surface area contributed by atoms with Gasteiger partial charge in [-0.05, 0) is 43.3 Å². The summed E-state index contributed by atoms with van der Waals surface area (Å²) < 4.78 is 42.4. The summed E-state index contributed by atoms with van der Waals surface area (Å²) in [5, 5.41) is 0. The lowest BCUT2D eigenvalue weighted by atomic mass is 10.2. The Hall–Kier alpha value is -3.03. The van der Waals surface area contributed by atoms with Gasteiger partial charge in [-0.15, -0.1) is 13.2 Å². The topological polar surface area (TPSA) is 46.8 Å². The van der Waals surface area contributed by atoms with Crippen LogP contribution in [0.4, 0.5) is 13.2 Å². The molecule has 2 aromatic heterocycles. The average molecular weight is 363 g/mol. The van der Waals surface area contributed by atoms with E-state index < -0.39 is 6.36 Å². The molecule has 26 heavy (non-hydrogen) atoms. The minimum absolute atomic E-state index is 0.281. The van der Waals surface area contributed by atoms with Gasteiger partial charge in [-0.25, -0.2) is 4.98 Å². The Balaban J connectivity index is 1.76. The minimum Gasteiger partial charge on any atom is -0.406 e. The Bertz CT molecular complexity index is 904. The van der Waals surface area contributed by atoms with Crippen LogP contribution in [-0.2, 0) is 6.54 Å². The molecule has 3 aromatic rings. The van der Waals surface area contributed by atoms with Crippen LogP contribution in [0.1, 0.15) is 23.0 Å². The van der Waals surface area contributed by atoms with Crippen LogP contribution in [0, 0.1) is 0 Å². The van der Waals surface area contributed by atoms with E-state index in [-0.39, 0.29) is 17.2 Å². The van der Waals surface area contributed by atoms with E-state index in [1.807, 2.05) is 35.7 Å². The van der Waals surface area contributed by atoms with Crippen molar-refractivity contribution in [2.45, 2.75) is 19.8 Å². The highest BCUT2D eigenvalue weighted by Gasteiger charge is 2.31. The molecule has 0 fully saturated rings. The molecule has 8 heteroatoms. The van der Waals surface area contributed by atoms with E-state index in [4.69, 9.17) is 0 Å². The largest absolute Gasteiger partial charge is 0.573 e. The number of pyridine rings is 1. The van der Waals surface area contributed by atoms with E-state index in [2.05, 4.69) is 9.72 Å². The zero-order valence-electron chi connectivity index (χ0n) is 13.9. The number of carbonyl (C=O) groups excluding carboxylic acids is 1. The van der Waals surface area contributed by atoms with Crippen molar-refractivity contribution in [1.82, 2.24) is 14.3 Å². The van der Waals surface area contributed by atoms with Gasteiger partial charge in [0.15, 0.2) is 0 Å². The summed E-state index contributed by atoms with van der Waals surface area (Å²) in [7, 11) is 0. The normalized spacial score (nSPS) is 11.5. The molecule has 0 spiro atoms. The molecule has 0 bridgehead atoms. The molecule has 3 rings (SSSR count). The van der Waals surface area contributed by atoms with Crippen molar-refractivity contribution in [3.05, 3.63) is 66.1 Å². The van der Waals surface area contributed by atoms with Crippen molar-refractivity contribution in [1.29, 1.82) is 0 Å². The van der Waals surface area contributed by atoms with E-state index >= 15 is 0 Å². The molecular weight excluding hydrogens is 347 g/mol. The quantitative estimate of drug-likeness (QED) is 0.691. The number of aromatic nitrogens is 2. The summed E-state index contributed by atoms with van der Waals surface area (Å²) in [6.45, 7) is 2.61. The van der Waals surface area contributed by atoms with Gasteiger partial charge in [-0.2, -0.15) is 0 Å². The Kier molecular flexibility index (Phi) is 4.83. The van der Waals surface area contributed by atoms with E-state index in [1.54, 1.807) is 11.1 Å². The van der Waals surface area contributed by atoms with Gasteiger partial charge in [0.25, 0.3) is 5.91 Å². The van der Waals surface area contributed by atoms with E-state index in [9.17, 15) is 18.0 Å². The molecule has 0 aliphatic heterocycles. The summed E-state index contributed by atoms with van der Waals surface area (Å²) in [6.07, 6.45) is -1.20. The maximum Gasteiger partial charge on any atom is 0.573 e. The predicted molar refractivity (Wildman–Crippen MR) is 88.7 cm³/mol. The molecule has 1 aromatic carbocycles. The maximum absolute atomic E-state index is 12.7. The first-order valence-electron chi connectivity index (χ1n) is 7.93. The molecule has 0 unspecified atom stereocenters. The van der Waals surface area contributed by atoms with Crippen molar-refractivity contribution < 1.29 is 22.7 Å². The van der Waals surface area contributed by atoms with Crippen LogP contribution in [-0.4, -0.2) is 33.1 Å². The van der Waals surface area contributed by atoms with Gasteiger partial charge in [0.2, 0.25) is 0 Å². The number of carbonyl (C=O) groups is 1. The lowest BCUT2D eigenvalue weighted by Gasteiger charge is -2.21. The van der Waals surface area contributed by atoms with Crippen molar-refractivity contribution in [2.75, 3.05) is 6.54 Å². The molecule has 0 aliphatic rings. The number of halogens is 3. The number of imidazole rings is 1. The van der Waals surface area contributed by atoms with Gasteiger partial charge in [0.1, 0.15) is 11.4 Å². The highest BCUT2D eigenvalue weighted by molar-refractivity contribution is 5.94. The summed E-state index contributed by atoms with van der Waals surface area (Å²) in [5.41, 5.74) is 1.91. The fourth-order valence-corrected chi connectivity index (χ4v) is 2.61. The molecule has 0 aliphatic carbocycles. The second-order valence-electron chi connectivity index (χ2n) is 5.57. The number of ether oxygens (including phenoxy) is 1. The second-order valence-corrected chi connectivity index (χ2v) is 5.57. The molecule has 2 heterocycles. The molecular formula is C18H16F3N3O2. The number of benzene rings is 1. The number of nitrogens with zero attached hydrogens (tertiary/aromatic N) is 3. The summed E-state index contributed by atoms with van der Waals surface area (Å²) in [4.78, 5) is 18.5. The maximum atomic E-state index is 12.7. The number of rotatable bonds is 5. The average Bonchev–Trinajstić information content (AvgIpc) is 3.01. The third-order valence-electron chi connectivity index (χ3n) is 3.85. The van der Waals surface area contributed by atoms with Gasteiger partial charge < -0.3 is 14.0 Å². The molecule has 0 N–H and O–H groups in total. The van der Waals surface area contributed by atoms with Gasteiger partial charge in [-0.1, -0.05) is 6.07 Å². The number of amides is 1. The Morgan fingerprint density at radius 2 is 1.92 bits per heavy atom. The van der Waals surface area contributed by atoms with Gasteiger partial charge >= 0.3 is 6.36 Å². The van der Waals surface area contributed by atoms with Crippen LogP contribution in [0.2, 0.25) is 0 Å². The van der Waals surface area contributed by atoms with Crippen LogP contribution >= 0.6 is 0 Å². The third kappa shape index (κ3) is 3.96. The minimum atomic E-state index is -4.76. The Morgan fingerprint density at radius 3 is 2.58 bits per heavy atom. The predicted octanol–water partition coefficient (Wildman–Crippen LogP) is 3.90. The third-order valence-corrected chi connectivity index (χ3v) is 3.85. The van der Waals surface area contributed by atoms with Crippen LogP contribution in [0.3, 0.4) is 0 Å². The summed E-state index contributed by atoms with van der Waals surface area (Å²) in [6, 6.07) is 10.5. The van der Waals surface area contributed by atoms with Crippen LogP contribution < -0.4 is 4.74 Å². The first-order chi connectivity index (χ1) is 12.4. The van der Waals surface area contributed by atoms with Gasteiger partial charge in [0.05, 0.1) is 18.4 Å². The van der Waals surface area contributed by atoms with Crippen molar-refractivity contribution in [2.24, 2.45) is 0 Å². The number of hydrogen-bond acceptors (Lipinski definition) is 3. The zero-order chi connectivity index (χ0) is 18.7. The van der Waals surface area contributed by atoms with Crippen LogP contribution in [0.25, 0.3) is 5.65 Å². The summed E-state index contributed by atoms with van der Waals surface area (Å²) in [5.74, 6) is -0.643. The lowest BCUT2D eigenvalue weighted by Crippen LogP contribution is -2.30. The highest BCUT2D eigenvalue weighted by atomic mass is 19.4. The standard InChI is InChI=1S/C18H16F3N3O2/c1-2-23(12-14-11-22-16-5-3-4-10-24(14)16)17(25)13-6-8-15(9-7-13)26-18(19,20)21/h3-11H,2,12H2,1H3. The smallest absolute Gasteiger partial charge is 0.406 e. The van der Waals surface area contributed by atoms with E-state index in [0.717, 1.165) is 23.5 Å². The zero-order valence-corrected chi connectivity index (χ0v) is 13.9.